The first-order valence-corrected chi connectivity index (χ1v) is 8.10. The van der Waals surface area contributed by atoms with Crippen LogP contribution < -0.4 is 19.5 Å². The monoisotopic (exact) mass is 343 g/mol. The predicted octanol–water partition coefficient (Wildman–Crippen LogP) is 3.19. The molecule has 1 N–H and O–H groups in total. The molecule has 0 fully saturated rings. The van der Waals surface area contributed by atoms with Crippen LogP contribution in [0.2, 0.25) is 0 Å². The number of hydrogen-bond donors (Lipinski definition) is 1. The number of amides is 1. The van der Waals surface area contributed by atoms with Crippen LogP contribution in [0.4, 0.5) is 0 Å². The van der Waals surface area contributed by atoms with E-state index in [0.29, 0.717) is 30.2 Å². The van der Waals surface area contributed by atoms with Crippen molar-refractivity contribution in [2.24, 2.45) is 0 Å². The Morgan fingerprint density at radius 2 is 1.52 bits per heavy atom. The summed E-state index contributed by atoms with van der Waals surface area (Å²) in [7, 11) is 4.70. The van der Waals surface area contributed by atoms with Crippen molar-refractivity contribution in [2.75, 3.05) is 21.3 Å². The van der Waals surface area contributed by atoms with Gasteiger partial charge >= 0.3 is 0 Å². The van der Waals surface area contributed by atoms with E-state index in [9.17, 15) is 4.79 Å². The molecule has 2 rings (SSSR count). The standard InChI is InChI=1S/C20H25NO4/c1-13-6-7-15(8-14(13)2)11-19(22)21-12-16-9-17(23-3)20(25-5)18(10-16)24-4/h6-10H,11-12H2,1-5H3,(H,21,22). The van der Waals surface area contributed by atoms with Crippen molar-refractivity contribution in [3.05, 3.63) is 52.6 Å². The second kappa shape index (κ2) is 8.42. The summed E-state index contributed by atoms with van der Waals surface area (Å²) in [6.45, 7) is 4.50. The summed E-state index contributed by atoms with van der Waals surface area (Å²) in [6, 6.07) is 9.74. The highest BCUT2D eigenvalue weighted by Crippen LogP contribution is 2.38. The maximum atomic E-state index is 12.2. The van der Waals surface area contributed by atoms with Gasteiger partial charge in [0.1, 0.15) is 0 Å². The molecule has 2 aromatic rings. The number of carbonyl (C=O) groups is 1. The molecule has 0 aliphatic rings. The van der Waals surface area contributed by atoms with Crippen molar-refractivity contribution in [1.82, 2.24) is 5.32 Å². The van der Waals surface area contributed by atoms with Crippen LogP contribution in [-0.4, -0.2) is 27.2 Å². The quantitative estimate of drug-likeness (QED) is 0.839. The van der Waals surface area contributed by atoms with Crippen LogP contribution in [0.3, 0.4) is 0 Å². The van der Waals surface area contributed by atoms with E-state index in [-0.39, 0.29) is 5.91 Å². The van der Waals surface area contributed by atoms with E-state index in [1.165, 1.54) is 11.1 Å². The van der Waals surface area contributed by atoms with Crippen LogP contribution in [0.5, 0.6) is 17.2 Å². The van der Waals surface area contributed by atoms with Crippen molar-refractivity contribution >= 4 is 5.91 Å². The van der Waals surface area contributed by atoms with Crippen molar-refractivity contribution in [3.63, 3.8) is 0 Å². The van der Waals surface area contributed by atoms with Gasteiger partial charge in [-0.1, -0.05) is 18.2 Å². The average Bonchev–Trinajstić information content (AvgIpc) is 2.62. The van der Waals surface area contributed by atoms with Crippen molar-refractivity contribution in [2.45, 2.75) is 26.8 Å². The van der Waals surface area contributed by atoms with E-state index in [2.05, 4.69) is 12.2 Å². The summed E-state index contributed by atoms with van der Waals surface area (Å²) in [5, 5.41) is 2.93. The third kappa shape index (κ3) is 4.66. The van der Waals surface area contributed by atoms with Gasteiger partial charge in [-0.3, -0.25) is 4.79 Å². The fraction of sp³-hybridized carbons (Fsp3) is 0.350. The lowest BCUT2D eigenvalue weighted by Gasteiger charge is -2.14. The Bertz CT molecular complexity index is 730. The lowest BCUT2D eigenvalue weighted by Crippen LogP contribution is -2.24. The van der Waals surface area contributed by atoms with Gasteiger partial charge in [0.25, 0.3) is 0 Å². The summed E-state index contributed by atoms with van der Waals surface area (Å²) >= 11 is 0. The summed E-state index contributed by atoms with van der Waals surface area (Å²) < 4.78 is 16.0. The van der Waals surface area contributed by atoms with E-state index in [0.717, 1.165) is 11.1 Å². The van der Waals surface area contributed by atoms with Crippen LogP contribution in [-0.2, 0) is 17.8 Å². The molecule has 2 aromatic carbocycles. The smallest absolute Gasteiger partial charge is 0.224 e. The molecule has 5 heteroatoms. The summed E-state index contributed by atoms with van der Waals surface area (Å²) in [4.78, 5) is 12.2. The predicted molar refractivity (Wildman–Crippen MR) is 97.6 cm³/mol. The van der Waals surface area contributed by atoms with Crippen LogP contribution in [0.15, 0.2) is 30.3 Å². The number of ether oxygens (including phenoxy) is 3. The fourth-order valence-electron chi connectivity index (χ4n) is 2.60. The molecule has 0 atom stereocenters. The first-order valence-electron chi connectivity index (χ1n) is 8.10. The molecule has 0 spiro atoms. The van der Waals surface area contributed by atoms with Crippen LogP contribution >= 0.6 is 0 Å². The maximum absolute atomic E-state index is 12.2. The number of carbonyl (C=O) groups excluding carboxylic acids is 1. The van der Waals surface area contributed by atoms with Crippen molar-refractivity contribution < 1.29 is 19.0 Å². The molecule has 0 heterocycles. The topological polar surface area (TPSA) is 56.8 Å². The van der Waals surface area contributed by atoms with Gasteiger partial charge < -0.3 is 19.5 Å². The largest absolute Gasteiger partial charge is 0.493 e. The summed E-state index contributed by atoms with van der Waals surface area (Å²) in [5.74, 6) is 1.65. The highest BCUT2D eigenvalue weighted by atomic mass is 16.5. The second-order valence-corrected chi connectivity index (χ2v) is 5.91. The first kappa shape index (κ1) is 18.6. The molecule has 0 unspecified atom stereocenters. The minimum atomic E-state index is -0.0306. The average molecular weight is 343 g/mol. The summed E-state index contributed by atoms with van der Waals surface area (Å²) in [5.41, 5.74) is 4.30. The van der Waals surface area contributed by atoms with E-state index in [4.69, 9.17) is 14.2 Å². The number of aryl methyl sites for hydroxylation is 2. The van der Waals surface area contributed by atoms with E-state index in [1.807, 2.05) is 37.3 Å². The molecule has 0 bridgehead atoms. The van der Waals surface area contributed by atoms with Crippen LogP contribution in [0.1, 0.15) is 22.3 Å². The minimum absolute atomic E-state index is 0.0306. The zero-order valence-corrected chi connectivity index (χ0v) is 15.4. The Hall–Kier alpha value is -2.69. The molecular formula is C20H25NO4. The van der Waals surface area contributed by atoms with Gasteiger partial charge in [-0.05, 0) is 48.2 Å². The van der Waals surface area contributed by atoms with Gasteiger partial charge in [-0.2, -0.15) is 0 Å². The molecule has 1 amide bonds. The highest BCUT2D eigenvalue weighted by molar-refractivity contribution is 5.78. The fourth-order valence-corrected chi connectivity index (χ4v) is 2.60. The van der Waals surface area contributed by atoms with Gasteiger partial charge in [0.05, 0.1) is 27.8 Å². The molecule has 25 heavy (non-hydrogen) atoms. The van der Waals surface area contributed by atoms with Gasteiger partial charge in [0.2, 0.25) is 11.7 Å². The van der Waals surface area contributed by atoms with E-state index < -0.39 is 0 Å². The highest BCUT2D eigenvalue weighted by Gasteiger charge is 2.13. The molecule has 0 saturated heterocycles. The number of rotatable bonds is 7. The van der Waals surface area contributed by atoms with Crippen LogP contribution in [0.25, 0.3) is 0 Å². The zero-order chi connectivity index (χ0) is 18.4. The van der Waals surface area contributed by atoms with Gasteiger partial charge in [0, 0.05) is 6.54 Å². The van der Waals surface area contributed by atoms with Gasteiger partial charge in [0.15, 0.2) is 11.5 Å². The van der Waals surface area contributed by atoms with Gasteiger partial charge in [-0.15, -0.1) is 0 Å². The number of nitrogens with one attached hydrogen (secondary N) is 1. The Morgan fingerprint density at radius 3 is 2.04 bits per heavy atom. The first-order chi connectivity index (χ1) is 12.0. The number of methoxy groups -OCH3 is 3. The Balaban J connectivity index is 2.04. The normalized spacial score (nSPS) is 10.3. The van der Waals surface area contributed by atoms with E-state index >= 15 is 0 Å². The SMILES string of the molecule is COc1cc(CNC(=O)Cc2ccc(C)c(C)c2)cc(OC)c1OC. The third-order valence-corrected chi connectivity index (χ3v) is 4.15. The maximum Gasteiger partial charge on any atom is 0.224 e. The number of hydrogen-bond acceptors (Lipinski definition) is 4. The second-order valence-electron chi connectivity index (χ2n) is 5.91. The van der Waals surface area contributed by atoms with E-state index in [1.54, 1.807) is 21.3 Å². The molecule has 0 saturated carbocycles. The Labute approximate surface area is 148 Å². The molecule has 0 radical (unpaired) electrons. The molecule has 134 valence electrons. The van der Waals surface area contributed by atoms with Crippen LogP contribution in [0, 0.1) is 13.8 Å². The Kier molecular flexibility index (Phi) is 6.28. The van der Waals surface area contributed by atoms with Gasteiger partial charge in [-0.25, -0.2) is 0 Å². The van der Waals surface area contributed by atoms with Crippen molar-refractivity contribution in [3.8, 4) is 17.2 Å². The minimum Gasteiger partial charge on any atom is -0.493 e. The molecule has 0 aliphatic heterocycles. The molecule has 0 aromatic heterocycles. The molecule has 0 aliphatic carbocycles. The number of benzene rings is 2. The lowest BCUT2D eigenvalue weighted by atomic mass is 10.0. The Morgan fingerprint density at radius 1 is 0.880 bits per heavy atom. The zero-order valence-electron chi connectivity index (χ0n) is 15.4. The molecule has 5 nitrogen and oxygen atoms in total. The molecular weight excluding hydrogens is 318 g/mol. The third-order valence-electron chi connectivity index (χ3n) is 4.15. The summed E-state index contributed by atoms with van der Waals surface area (Å²) in [6.07, 6.45) is 0.353. The van der Waals surface area contributed by atoms with Crippen molar-refractivity contribution in [1.29, 1.82) is 0 Å². The lowest BCUT2D eigenvalue weighted by molar-refractivity contribution is -0.120.